The first-order valence-electron chi connectivity index (χ1n) is 6.56. The Kier molecular flexibility index (Phi) is 3.55. The van der Waals surface area contributed by atoms with Crippen LogP contribution in [0, 0.1) is 0 Å². The smallest absolute Gasteiger partial charge is 0.416 e. The van der Waals surface area contributed by atoms with Crippen LogP contribution >= 0.6 is 0 Å². The number of benzene rings is 1. The summed E-state index contributed by atoms with van der Waals surface area (Å²) in [4.78, 5) is 12.4. The zero-order valence-electron chi connectivity index (χ0n) is 12.2. The highest BCUT2D eigenvalue weighted by atomic mass is 19.4. The third-order valence-electron chi connectivity index (χ3n) is 3.25. The molecule has 6 nitrogen and oxygen atoms in total. The lowest BCUT2D eigenvalue weighted by molar-refractivity contribution is -0.137. The van der Waals surface area contributed by atoms with Gasteiger partial charge in [0.25, 0.3) is 6.01 Å². The van der Waals surface area contributed by atoms with Crippen LogP contribution < -0.4 is 10.1 Å². The molecule has 2 heterocycles. The van der Waals surface area contributed by atoms with Gasteiger partial charge < -0.3 is 10.1 Å². The van der Waals surface area contributed by atoms with E-state index in [2.05, 4.69) is 20.3 Å². The molecule has 0 spiro atoms. The standard InChI is InChI=1S/C14H12F3N5O/c1-22-12-10(21-13(22)23-2)11(18-7-19-12)20-9-5-3-4-8(6-9)14(15,16)17/h3-7H,1-2H3,(H,18,19,20). The van der Waals surface area contributed by atoms with Crippen molar-refractivity contribution in [1.29, 1.82) is 0 Å². The van der Waals surface area contributed by atoms with Gasteiger partial charge in [-0.1, -0.05) is 6.07 Å². The first-order valence-corrected chi connectivity index (χ1v) is 6.56. The number of aromatic nitrogens is 4. The lowest BCUT2D eigenvalue weighted by Crippen LogP contribution is -2.05. The number of hydrogen-bond acceptors (Lipinski definition) is 5. The predicted octanol–water partition coefficient (Wildman–Crippen LogP) is 3.13. The number of methoxy groups -OCH3 is 1. The molecule has 0 aliphatic carbocycles. The Morgan fingerprint density at radius 1 is 1.22 bits per heavy atom. The van der Waals surface area contributed by atoms with E-state index < -0.39 is 11.7 Å². The Hall–Kier alpha value is -2.84. The molecular formula is C14H12F3N5O. The van der Waals surface area contributed by atoms with Crippen LogP contribution in [-0.4, -0.2) is 26.6 Å². The molecule has 0 aliphatic rings. The molecule has 0 fully saturated rings. The number of fused-ring (bicyclic) bond motifs is 1. The van der Waals surface area contributed by atoms with Crippen LogP contribution in [0.15, 0.2) is 30.6 Å². The molecule has 0 amide bonds. The Bertz CT molecular complexity index is 859. The summed E-state index contributed by atoms with van der Waals surface area (Å²) in [5.74, 6) is 0.299. The molecule has 0 atom stereocenters. The largest absolute Gasteiger partial charge is 0.468 e. The van der Waals surface area contributed by atoms with Crippen molar-refractivity contribution >= 4 is 22.7 Å². The summed E-state index contributed by atoms with van der Waals surface area (Å²) in [7, 11) is 3.18. The summed E-state index contributed by atoms with van der Waals surface area (Å²) in [5.41, 5.74) is 0.423. The topological polar surface area (TPSA) is 64.9 Å². The fraction of sp³-hybridized carbons (Fsp3) is 0.214. The van der Waals surface area contributed by atoms with E-state index in [9.17, 15) is 13.2 Å². The normalized spacial score (nSPS) is 11.7. The summed E-state index contributed by atoms with van der Waals surface area (Å²) < 4.78 is 45.1. The summed E-state index contributed by atoms with van der Waals surface area (Å²) in [6.45, 7) is 0. The number of nitrogens with zero attached hydrogens (tertiary/aromatic N) is 4. The molecule has 9 heteroatoms. The number of imidazole rings is 1. The quantitative estimate of drug-likeness (QED) is 0.802. The van der Waals surface area contributed by atoms with Crippen LogP contribution in [0.5, 0.6) is 6.01 Å². The van der Waals surface area contributed by atoms with E-state index in [1.165, 1.54) is 25.6 Å². The van der Waals surface area contributed by atoms with Crippen molar-refractivity contribution in [3.8, 4) is 6.01 Å². The van der Waals surface area contributed by atoms with E-state index in [-0.39, 0.29) is 5.69 Å². The van der Waals surface area contributed by atoms with Crippen LogP contribution in [0.3, 0.4) is 0 Å². The molecule has 2 aromatic heterocycles. The molecule has 1 aromatic carbocycles. The second-order valence-electron chi connectivity index (χ2n) is 4.76. The molecule has 3 rings (SSSR count). The minimum Gasteiger partial charge on any atom is -0.468 e. The maximum absolute atomic E-state index is 12.8. The number of rotatable bonds is 3. The molecule has 23 heavy (non-hydrogen) atoms. The fourth-order valence-corrected chi connectivity index (χ4v) is 2.16. The molecule has 3 aromatic rings. The van der Waals surface area contributed by atoms with Gasteiger partial charge in [0.1, 0.15) is 6.33 Å². The number of nitrogens with one attached hydrogen (secondary N) is 1. The number of aryl methyl sites for hydroxylation is 1. The fourth-order valence-electron chi connectivity index (χ4n) is 2.16. The predicted molar refractivity (Wildman–Crippen MR) is 77.6 cm³/mol. The second kappa shape index (κ2) is 5.41. The van der Waals surface area contributed by atoms with Crippen molar-refractivity contribution in [2.45, 2.75) is 6.18 Å². The average Bonchev–Trinajstić information content (AvgIpc) is 2.84. The Morgan fingerprint density at radius 3 is 2.70 bits per heavy atom. The first kappa shape index (κ1) is 15.1. The van der Waals surface area contributed by atoms with E-state index in [4.69, 9.17) is 4.74 Å². The highest BCUT2D eigenvalue weighted by Crippen LogP contribution is 2.32. The first-order chi connectivity index (χ1) is 10.9. The van der Waals surface area contributed by atoms with Gasteiger partial charge in [-0.05, 0) is 18.2 Å². The summed E-state index contributed by atoms with van der Waals surface area (Å²) in [5, 5.41) is 2.84. The molecule has 0 radical (unpaired) electrons. The average molecular weight is 323 g/mol. The summed E-state index contributed by atoms with van der Waals surface area (Å²) in [6, 6.07) is 5.18. The van der Waals surface area contributed by atoms with Crippen molar-refractivity contribution < 1.29 is 17.9 Å². The van der Waals surface area contributed by atoms with Gasteiger partial charge in [0.05, 0.1) is 12.7 Å². The number of anilines is 2. The van der Waals surface area contributed by atoms with Crippen LogP contribution in [0.1, 0.15) is 5.56 Å². The zero-order valence-corrected chi connectivity index (χ0v) is 12.2. The van der Waals surface area contributed by atoms with Crippen molar-refractivity contribution in [2.24, 2.45) is 7.05 Å². The van der Waals surface area contributed by atoms with Crippen LogP contribution in [0.25, 0.3) is 11.2 Å². The van der Waals surface area contributed by atoms with Crippen molar-refractivity contribution in [3.05, 3.63) is 36.2 Å². The van der Waals surface area contributed by atoms with E-state index >= 15 is 0 Å². The number of halogens is 3. The number of alkyl halides is 3. The Morgan fingerprint density at radius 2 is 2.00 bits per heavy atom. The molecule has 120 valence electrons. The number of ether oxygens (including phenoxy) is 1. The van der Waals surface area contributed by atoms with Crippen LogP contribution in [0.4, 0.5) is 24.7 Å². The minimum atomic E-state index is -4.41. The van der Waals surface area contributed by atoms with Gasteiger partial charge in [-0.25, -0.2) is 9.97 Å². The maximum atomic E-state index is 12.8. The van der Waals surface area contributed by atoms with Gasteiger partial charge in [-0.15, -0.1) is 0 Å². The second-order valence-corrected chi connectivity index (χ2v) is 4.76. The van der Waals surface area contributed by atoms with Gasteiger partial charge in [0.15, 0.2) is 17.0 Å². The summed E-state index contributed by atoms with van der Waals surface area (Å²) in [6.07, 6.45) is -3.10. The van der Waals surface area contributed by atoms with Crippen LogP contribution in [0.2, 0.25) is 0 Å². The molecule has 0 saturated heterocycles. The molecule has 0 saturated carbocycles. The Labute approximate surface area is 129 Å². The Balaban J connectivity index is 2.02. The molecule has 1 N–H and O–H groups in total. The van der Waals surface area contributed by atoms with Gasteiger partial charge in [-0.3, -0.25) is 4.57 Å². The molecule has 0 aliphatic heterocycles. The van der Waals surface area contributed by atoms with Crippen molar-refractivity contribution in [1.82, 2.24) is 19.5 Å². The third-order valence-corrected chi connectivity index (χ3v) is 3.25. The van der Waals surface area contributed by atoms with Gasteiger partial charge in [-0.2, -0.15) is 18.2 Å². The minimum absolute atomic E-state index is 0.254. The maximum Gasteiger partial charge on any atom is 0.416 e. The van der Waals surface area contributed by atoms with Crippen molar-refractivity contribution in [3.63, 3.8) is 0 Å². The van der Waals surface area contributed by atoms with E-state index in [0.29, 0.717) is 23.0 Å². The molecule has 0 bridgehead atoms. The van der Waals surface area contributed by atoms with Crippen LogP contribution in [-0.2, 0) is 13.2 Å². The SMILES string of the molecule is COc1nc2c(Nc3cccc(C(F)(F)F)c3)ncnc2n1C. The van der Waals surface area contributed by atoms with Crippen molar-refractivity contribution in [2.75, 3.05) is 12.4 Å². The van der Waals surface area contributed by atoms with Gasteiger partial charge in [0, 0.05) is 12.7 Å². The molecular weight excluding hydrogens is 311 g/mol. The lowest BCUT2D eigenvalue weighted by atomic mass is 10.2. The molecule has 0 unspecified atom stereocenters. The van der Waals surface area contributed by atoms with E-state index in [1.54, 1.807) is 11.6 Å². The lowest BCUT2D eigenvalue weighted by Gasteiger charge is -2.10. The van der Waals surface area contributed by atoms with Gasteiger partial charge >= 0.3 is 6.18 Å². The third kappa shape index (κ3) is 2.77. The van der Waals surface area contributed by atoms with E-state index in [0.717, 1.165) is 12.1 Å². The van der Waals surface area contributed by atoms with Gasteiger partial charge in [0.2, 0.25) is 0 Å². The zero-order chi connectivity index (χ0) is 16.6. The monoisotopic (exact) mass is 323 g/mol. The number of hydrogen-bond donors (Lipinski definition) is 1. The highest BCUT2D eigenvalue weighted by molar-refractivity contribution is 5.86. The summed E-state index contributed by atoms with van der Waals surface area (Å²) >= 11 is 0. The van der Waals surface area contributed by atoms with E-state index in [1.807, 2.05) is 0 Å². The highest BCUT2D eigenvalue weighted by Gasteiger charge is 2.30.